The van der Waals surface area contributed by atoms with Crippen LogP contribution in [-0.2, 0) is 6.54 Å². The molecule has 2 aliphatic rings. The first-order valence-corrected chi connectivity index (χ1v) is 10.0. The summed E-state index contributed by atoms with van der Waals surface area (Å²) >= 11 is 1.72. The summed E-state index contributed by atoms with van der Waals surface area (Å²) in [6.45, 7) is 6.31. The van der Waals surface area contributed by atoms with Gasteiger partial charge in [-0.2, -0.15) is 0 Å². The SMILES string of the molecule is Cc1cc(C(=O)N2CCC3(CC2)C[C@@H]3N(C)Cc2nccs2)nc(C)n1. The second-order valence-electron chi connectivity index (χ2n) is 7.66. The van der Waals surface area contributed by atoms with Gasteiger partial charge in [-0.3, -0.25) is 9.69 Å². The van der Waals surface area contributed by atoms with E-state index < -0.39 is 0 Å². The van der Waals surface area contributed by atoms with E-state index in [4.69, 9.17) is 0 Å². The number of nitrogens with zero attached hydrogens (tertiary/aromatic N) is 5. The van der Waals surface area contributed by atoms with Crippen LogP contribution >= 0.6 is 11.3 Å². The molecule has 1 atom stereocenters. The minimum Gasteiger partial charge on any atom is -0.337 e. The van der Waals surface area contributed by atoms with Gasteiger partial charge in [0.25, 0.3) is 5.91 Å². The number of aryl methyl sites for hydroxylation is 2. The molecule has 2 aromatic rings. The highest BCUT2D eigenvalue weighted by atomic mass is 32.1. The van der Waals surface area contributed by atoms with Crippen molar-refractivity contribution >= 4 is 17.2 Å². The van der Waals surface area contributed by atoms with Crippen LogP contribution < -0.4 is 0 Å². The second-order valence-corrected chi connectivity index (χ2v) is 8.64. The van der Waals surface area contributed by atoms with Crippen molar-refractivity contribution in [2.45, 2.75) is 45.7 Å². The van der Waals surface area contributed by atoms with Crippen molar-refractivity contribution in [3.63, 3.8) is 0 Å². The highest BCUT2D eigenvalue weighted by Crippen LogP contribution is 2.56. The Bertz CT molecular complexity index is 778. The number of likely N-dealkylation sites (tertiary alicyclic amines) is 1. The molecule has 1 saturated heterocycles. The smallest absolute Gasteiger partial charge is 0.272 e. The Morgan fingerprint density at radius 3 is 2.77 bits per heavy atom. The van der Waals surface area contributed by atoms with Crippen LogP contribution in [0.5, 0.6) is 0 Å². The van der Waals surface area contributed by atoms with Gasteiger partial charge in [-0.1, -0.05) is 0 Å². The van der Waals surface area contributed by atoms with Crippen molar-refractivity contribution < 1.29 is 4.79 Å². The van der Waals surface area contributed by atoms with Crippen LogP contribution in [0, 0.1) is 19.3 Å². The normalized spacial score (nSPS) is 21.4. The Balaban J connectivity index is 1.35. The Morgan fingerprint density at radius 2 is 2.12 bits per heavy atom. The molecule has 2 fully saturated rings. The highest BCUT2D eigenvalue weighted by molar-refractivity contribution is 7.09. The van der Waals surface area contributed by atoms with E-state index in [1.165, 1.54) is 11.4 Å². The molecular weight excluding hydrogens is 346 g/mol. The van der Waals surface area contributed by atoms with Gasteiger partial charge in [-0.15, -0.1) is 11.3 Å². The van der Waals surface area contributed by atoms with E-state index in [0.29, 0.717) is 23.0 Å². The van der Waals surface area contributed by atoms with Crippen LogP contribution in [0.25, 0.3) is 0 Å². The van der Waals surface area contributed by atoms with E-state index in [2.05, 4.69) is 26.9 Å². The lowest BCUT2D eigenvalue weighted by Crippen LogP contribution is -2.41. The molecule has 0 bridgehead atoms. The molecule has 1 saturated carbocycles. The van der Waals surface area contributed by atoms with E-state index in [-0.39, 0.29) is 5.91 Å². The molecular formula is C19H25N5OS. The van der Waals surface area contributed by atoms with Gasteiger partial charge in [0.1, 0.15) is 16.5 Å². The van der Waals surface area contributed by atoms with E-state index >= 15 is 0 Å². The van der Waals surface area contributed by atoms with E-state index in [1.807, 2.05) is 30.3 Å². The molecule has 138 valence electrons. The number of carbonyl (C=O) groups excluding carboxylic acids is 1. The van der Waals surface area contributed by atoms with Gasteiger partial charge in [-0.25, -0.2) is 15.0 Å². The zero-order chi connectivity index (χ0) is 18.3. The van der Waals surface area contributed by atoms with Gasteiger partial charge < -0.3 is 4.90 Å². The van der Waals surface area contributed by atoms with Crippen LogP contribution in [0.2, 0.25) is 0 Å². The topological polar surface area (TPSA) is 62.2 Å². The van der Waals surface area contributed by atoms with Crippen LogP contribution in [0.15, 0.2) is 17.6 Å². The van der Waals surface area contributed by atoms with Crippen LogP contribution in [-0.4, -0.2) is 56.8 Å². The molecule has 0 unspecified atom stereocenters. The predicted molar refractivity (Wildman–Crippen MR) is 101 cm³/mol. The largest absolute Gasteiger partial charge is 0.337 e. The Morgan fingerprint density at radius 1 is 1.35 bits per heavy atom. The number of aromatic nitrogens is 3. The van der Waals surface area contributed by atoms with Crippen LogP contribution in [0.3, 0.4) is 0 Å². The van der Waals surface area contributed by atoms with Crippen molar-refractivity contribution in [1.29, 1.82) is 0 Å². The first-order chi connectivity index (χ1) is 12.5. The summed E-state index contributed by atoms with van der Waals surface area (Å²) in [6, 6.07) is 2.41. The molecule has 0 N–H and O–H groups in total. The first kappa shape index (κ1) is 17.5. The average Bonchev–Trinajstić information content (AvgIpc) is 3.05. The summed E-state index contributed by atoms with van der Waals surface area (Å²) in [4.78, 5) is 30.2. The molecule has 1 aliphatic heterocycles. The molecule has 2 aromatic heterocycles. The monoisotopic (exact) mass is 371 g/mol. The third-order valence-corrected chi connectivity index (χ3v) is 6.54. The Kier molecular flexibility index (Phi) is 4.52. The Labute approximate surface area is 158 Å². The van der Waals surface area contributed by atoms with Crippen LogP contribution in [0.1, 0.15) is 46.3 Å². The maximum Gasteiger partial charge on any atom is 0.272 e. The minimum absolute atomic E-state index is 0.0433. The Hall–Kier alpha value is -1.86. The standard InChI is InChI=1S/C19H25N5OS/c1-13-10-15(22-14(2)21-13)18(25)24-7-4-19(5-8-24)11-16(19)23(3)12-17-20-6-9-26-17/h6,9-10,16H,4-5,7-8,11-12H2,1-3H3/t16-/m0/s1. The third kappa shape index (κ3) is 3.38. The molecule has 1 amide bonds. The maximum atomic E-state index is 12.8. The van der Waals surface area contributed by atoms with Gasteiger partial charge in [0, 0.05) is 36.4 Å². The first-order valence-electron chi connectivity index (χ1n) is 9.17. The highest BCUT2D eigenvalue weighted by Gasteiger charge is 2.56. The number of piperidine rings is 1. The zero-order valence-corrected chi connectivity index (χ0v) is 16.4. The lowest BCUT2D eigenvalue weighted by molar-refractivity contribution is 0.0651. The predicted octanol–water partition coefficient (Wildman–Crippen LogP) is 2.68. The fourth-order valence-electron chi connectivity index (χ4n) is 4.29. The molecule has 1 aliphatic carbocycles. The lowest BCUT2D eigenvalue weighted by atomic mass is 9.92. The van der Waals surface area contributed by atoms with E-state index in [9.17, 15) is 4.79 Å². The molecule has 1 spiro atoms. The van der Waals surface area contributed by atoms with Crippen LogP contribution in [0.4, 0.5) is 0 Å². The molecule has 0 radical (unpaired) electrons. The summed E-state index contributed by atoms with van der Waals surface area (Å²) in [5.41, 5.74) is 1.76. The maximum absolute atomic E-state index is 12.8. The number of rotatable bonds is 4. The molecule has 6 nitrogen and oxygen atoms in total. The van der Waals surface area contributed by atoms with Gasteiger partial charge in [-0.05, 0) is 51.6 Å². The second kappa shape index (κ2) is 6.70. The minimum atomic E-state index is 0.0433. The third-order valence-electron chi connectivity index (χ3n) is 5.78. The van der Waals surface area contributed by atoms with Crippen molar-refractivity contribution in [3.8, 4) is 0 Å². The van der Waals surface area contributed by atoms with Gasteiger partial charge >= 0.3 is 0 Å². The van der Waals surface area contributed by atoms with Gasteiger partial charge in [0.2, 0.25) is 0 Å². The van der Waals surface area contributed by atoms with E-state index in [1.54, 1.807) is 17.4 Å². The summed E-state index contributed by atoms with van der Waals surface area (Å²) in [5.74, 6) is 0.703. The molecule has 26 heavy (non-hydrogen) atoms. The summed E-state index contributed by atoms with van der Waals surface area (Å²) in [5, 5.41) is 3.21. The number of thiazole rings is 1. The van der Waals surface area contributed by atoms with E-state index in [0.717, 1.165) is 38.2 Å². The zero-order valence-electron chi connectivity index (χ0n) is 15.6. The van der Waals surface area contributed by atoms with Crippen molar-refractivity contribution in [2.75, 3.05) is 20.1 Å². The number of hydrogen-bond donors (Lipinski definition) is 0. The van der Waals surface area contributed by atoms with Crippen molar-refractivity contribution in [2.24, 2.45) is 5.41 Å². The summed E-state index contributed by atoms with van der Waals surface area (Å²) in [6.07, 6.45) is 5.27. The van der Waals surface area contributed by atoms with Crippen molar-refractivity contribution in [3.05, 3.63) is 39.9 Å². The summed E-state index contributed by atoms with van der Waals surface area (Å²) in [7, 11) is 2.20. The summed E-state index contributed by atoms with van der Waals surface area (Å²) < 4.78 is 0. The molecule has 4 rings (SSSR count). The quantitative estimate of drug-likeness (QED) is 0.827. The fourth-order valence-corrected chi connectivity index (χ4v) is 4.96. The fraction of sp³-hybridized carbons (Fsp3) is 0.579. The molecule has 0 aromatic carbocycles. The number of carbonyl (C=O) groups is 1. The number of amides is 1. The van der Waals surface area contributed by atoms with Gasteiger partial charge in [0.05, 0.1) is 6.54 Å². The van der Waals surface area contributed by atoms with Crippen molar-refractivity contribution in [1.82, 2.24) is 24.8 Å². The average molecular weight is 372 g/mol. The molecule has 7 heteroatoms. The van der Waals surface area contributed by atoms with Gasteiger partial charge in [0.15, 0.2) is 0 Å². The molecule has 3 heterocycles. The number of hydrogen-bond acceptors (Lipinski definition) is 6. The lowest BCUT2D eigenvalue weighted by Gasteiger charge is -2.34.